The van der Waals surface area contributed by atoms with E-state index in [1.54, 1.807) is 49.1 Å². The normalized spacial score (nSPS) is 17.9. The van der Waals surface area contributed by atoms with Gasteiger partial charge in [0, 0.05) is 36.7 Å². The van der Waals surface area contributed by atoms with E-state index in [0.717, 1.165) is 37.9 Å². The van der Waals surface area contributed by atoms with Crippen molar-refractivity contribution in [1.29, 1.82) is 0 Å². The van der Waals surface area contributed by atoms with E-state index in [0.29, 0.717) is 28.3 Å². The van der Waals surface area contributed by atoms with E-state index in [-0.39, 0.29) is 31.4 Å². The Morgan fingerprint density at radius 3 is 2.24 bits per heavy atom. The standard InChI is InChI=1S/C35H37FN2O4/c1-3-42-35(41)33-24(2)38(32(39)22-30(33)29-11-7-8-12-31(29)36)23-27-13-15-28(16-14-27)34(40)37-19-17-26(18-20-37)21-25-9-5-4-6-10-25/h4-16,26,30H,3,17-23H2,1-2H3. The molecular weight excluding hydrogens is 531 g/mol. The first-order valence-corrected chi connectivity index (χ1v) is 14.7. The molecule has 0 aromatic heterocycles. The van der Waals surface area contributed by atoms with Gasteiger partial charge in [0.2, 0.25) is 5.91 Å². The Hall–Kier alpha value is -4.26. The molecule has 0 spiro atoms. The second kappa shape index (κ2) is 13.1. The number of hydrogen-bond donors (Lipinski definition) is 0. The number of carbonyl (C=O) groups excluding carboxylic acids is 3. The molecule has 0 radical (unpaired) electrons. The third-order valence-electron chi connectivity index (χ3n) is 8.41. The lowest BCUT2D eigenvalue weighted by Crippen LogP contribution is -2.39. The van der Waals surface area contributed by atoms with E-state index in [1.165, 1.54) is 11.6 Å². The average molecular weight is 569 g/mol. The fourth-order valence-corrected chi connectivity index (χ4v) is 6.11. The summed E-state index contributed by atoms with van der Waals surface area (Å²) in [5, 5.41) is 0. The van der Waals surface area contributed by atoms with Gasteiger partial charge in [-0.05, 0) is 73.9 Å². The quantitative estimate of drug-likeness (QED) is 0.300. The van der Waals surface area contributed by atoms with Crippen molar-refractivity contribution in [2.45, 2.75) is 52.0 Å². The van der Waals surface area contributed by atoms with E-state index in [1.807, 2.05) is 23.1 Å². The van der Waals surface area contributed by atoms with Crippen LogP contribution in [0.15, 0.2) is 90.1 Å². The van der Waals surface area contributed by atoms with E-state index in [9.17, 15) is 18.8 Å². The summed E-state index contributed by atoms with van der Waals surface area (Å²) < 4.78 is 20.0. The largest absolute Gasteiger partial charge is 0.463 e. The number of rotatable bonds is 8. The van der Waals surface area contributed by atoms with Crippen LogP contribution in [0.4, 0.5) is 4.39 Å². The van der Waals surface area contributed by atoms with Gasteiger partial charge in [0.25, 0.3) is 5.91 Å². The number of ether oxygens (including phenoxy) is 1. The predicted octanol–water partition coefficient (Wildman–Crippen LogP) is 6.27. The summed E-state index contributed by atoms with van der Waals surface area (Å²) in [6.45, 7) is 5.31. The van der Waals surface area contributed by atoms with Gasteiger partial charge < -0.3 is 14.5 Å². The molecule has 0 saturated carbocycles. The van der Waals surface area contributed by atoms with Crippen LogP contribution in [0.5, 0.6) is 0 Å². The monoisotopic (exact) mass is 568 g/mol. The van der Waals surface area contributed by atoms with Crippen LogP contribution in [0.2, 0.25) is 0 Å². The fraction of sp³-hybridized carbons (Fsp3) is 0.343. The number of halogens is 1. The second-order valence-electron chi connectivity index (χ2n) is 11.1. The Balaban J connectivity index is 1.27. The number of benzene rings is 3. The minimum absolute atomic E-state index is 0.0159. The van der Waals surface area contributed by atoms with Crippen LogP contribution >= 0.6 is 0 Å². The van der Waals surface area contributed by atoms with E-state index >= 15 is 0 Å². The van der Waals surface area contributed by atoms with Crippen molar-refractivity contribution in [3.05, 3.63) is 118 Å². The summed E-state index contributed by atoms with van der Waals surface area (Å²) in [6.07, 6.45) is 2.97. The molecule has 218 valence electrons. The van der Waals surface area contributed by atoms with Crippen molar-refractivity contribution in [3.63, 3.8) is 0 Å². The number of allylic oxidation sites excluding steroid dienone is 1. The summed E-state index contributed by atoms with van der Waals surface area (Å²) >= 11 is 0. The fourth-order valence-electron chi connectivity index (χ4n) is 6.11. The molecule has 42 heavy (non-hydrogen) atoms. The zero-order valence-electron chi connectivity index (χ0n) is 24.2. The summed E-state index contributed by atoms with van der Waals surface area (Å²) in [6, 6.07) is 24.0. The maximum Gasteiger partial charge on any atom is 0.336 e. The van der Waals surface area contributed by atoms with Crippen LogP contribution in [-0.2, 0) is 27.3 Å². The second-order valence-corrected chi connectivity index (χ2v) is 11.1. The summed E-state index contributed by atoms with van der Waals surface area (Å²) in [7, 11) is 0. The number of nitrogens with zero attached hydrogens (tertiary/aromatic N) is 2. The highest BCUT2D eigenvalue weighted by Gasteiger charge is 2.38. The van der Waals surface area contributed by atoms with Crippen molar-refractivity contribution in [2.24, 2.45) is 5.92 Å². The number of amides is 2. The molecule has 2 heterocycles. The first-order chi connectivity index (χ1) is 20.4. The molecule has 1 atom stereocenters. The lowest BCUT2D eigenvalue weighted by molar-refractivity contribution is -0.140. The Bertz CT molecular complexity index is 1460. The van der Waals surface area contributed by atoms with Crippen molar-refractivity contribution in [2.75, 3.05) is 19.7 Å². The molecule has 0 aliphatic carbocycles. The highest BCUT2D eigenvalue weighted by molar-refractivity contribution is 5.96. The summed E-state index contributed by atoms with van der Waals surface area (Å²) in [4.78, 5) is 43.0. The highest BCUT2D eigenvalue weighted by Crippen LogP contribution is 2.38. The molecule has 1 unspecified atom stereocenters. The van der Waals surface area contributed by atoms with Gasteiger partial charge in [0.1, 0.15) is 5.82 Å². The lowest BCUT2D eigenvalue weighted by atomic mass is 9.83. The summed E-state index contributed by atoms with van der Waals surface area (Å²) in [5.74, 6) is -1.33. The van der Waals surface area contributed by atoms with Crippen LogP contribution < -0.4 is 0 Å². The molecule has 0 N–H and O–H groups in total. The minimum atomic E-state index is -0.717. The smallest absolute Gasteiger partial charge is 0.336 e. The van der Waals surface area contributed by atoms with Gasteiger partial charge >= 0.3 is 5.97 Å². The first-order valence-electron chi connectivity index (χ1n) is 14.7. The van der Waals surface area contributed by atoms with Gasteiger partial charge in [-0.2, -0.15) is 0 Å². The zero-order chi connectivity index (χ0) is 29.6. The predicted molar refractivity (Wildman–Crippen MR) is 159 cm³/mol. The minimum Gasteiger partial charge on any atom is -0.463 e. The summed E-state index contributed by atoms with van der Waals surface area (Å²) in [5.41, 5.74) is 3.84. The van der Waals surface area contributed by atoms with E-state index in [4.69, 9.17) is 4.74 Å². The van der Waals surface area contributed by atoms with Gasteiger partial charge in [0.05, 0.1) is 18.7 Å². The topological polar surface area (TPSA) is 66.9 Å². The molecule has 1 fully saturated rings. The van der Waals surface area contributed by atoms with Crippen LogP contribution in [0, 0.1) is 11.7 Å². The van der Waals surface area contributed by atoms with E-state index < -0.39 is 17.7 Å². The highest BCUT2D eigenvalue weighted by atomic mass is 19.1. The molecule has 2 aliphatic rings. The molecular formula is C35H37FN2O4. The van der Waals surface area contributed by atoms with Crippen molar-refractivity contribution < 1.29 is 23.5 Å². The molecule has 3 aromatic carbocycles. The van der Waals surface area contributed by atoms with E-state index in [2.05, 4.69) is 24.3 Å². The third-order valence-corrected chi connectivity index (χ3v) is 8.41. The molecule has 7 heteroatoms. The lowest BCUT2D eigenvalue weighted by Gasteiger charge is -2.34. The van der Waals surface area contributed by atoms with Gasteiger partial charge in [-0.15, -0.1) is 0 Å². The zero-order valence-corrected chi connectivity index (χ0v) is 24.2. The van der Waals surface area contributed by atoms with Crippen molar-refractivity contribution in [3.8, 4) is 0 Å². The number of carbonyl (C=O) groups is 3. The van der Waals surface area contributed by atoms with Crippen molar-refractivity contribution in [1.82, 2.24) is 9.80 Å². The molecule has 0 bridgehead atoms. The van der Waals surface area contributed by atoms with Crippen molar-refractivity contribution >= 4 is 17.8 Å². The van der Waals surface area contributed by atoms with Gasteiger partial charge in [-0.1, -0.05) is 60.7 Å². The first kappa shape index (κ1) is 29.2. The van der Waals surface area contributed by atoms with Crippen LogP contribution in [-0.4, -0.2) is 47.3 Å². The molecule has 2 amide bonds. The van der Waals surface area contributed by atoms with Gasteiger partial charge in [0.15, 0.2) is 0 Å². The molecule has 2 aliphatic heterocycles. The molecule has 3 aromatic rings. The number of hydrogen-bond acceptors (Lipinski definition) is 4. The van der Waals surface area contributed by atoms with Crippen LogP contribution in [0.25, 0.3) is 0 Å². The van der Waals surface area contributed by atoms with Crippen LogP contribution in [0.3, 0.4) is 0 Å². The Labute approximate surface area is 246 Å². The Morgan fingerprint density at radius 1 is 0.905 bits per heavy atom. The molecule has 6 nitrogen and oxygen atoms in total. The third kappa shape index (κ3) is 6.46. The average Bonchev–Trinajstić information content (AvgIpc) is 3.00. The Morgan fingerprint density at radius 2 is 1.57 bits per heavy atom. The maximum absolute atomic E-state index is 14.7. The number of piperidine rings is 1. The maximum atomic E-state index is 14.7. The van der Waals surface area contributed by atoms with Crippen LogP contribution in [0.1, 0.15) is 66.1 Å². The SMILES string of the molecule is CCOC(=O)C1=C(C)N(Cc2ccc(C(=O)N3CCC(Cc4ccccc4)CC3)cc2)C(=O)CC1c1ccccc1F. The van der Waals surface area contributed by atoms with Gasteiger partial charge in [-0.3, -0.25) is 9.59 Å². The number of likely N-dealkylation sites (tertiary alicyclic amines) is 1. The molecule has 5 rings (SSSR count). The molecule has 1 saturated heterocycles. The Kier molecular flexibility index (Phi) is 9.15. The van der Waals surface area contributed by atoms with Gasteiger partial charge in [-0.25, -0.2) is 9.18 Å². The number of esters is 1.